The SMILES string of the molecule is C=C1C(C)=C(OCc2ncc(F)cc2F)C=C(C)N1c1cc(CC)ncc1C. The molecule has 28 heavy (non-hydrogen) atoms. The highest BCUT2D eigenvalue weighted by atomic mass is 19.1. The van der Waals surface area contributed by atoms with Crippen LogP contribution in [0.15, 0.2) is 59.9 Å². The first kappa shape index (κ1) is 19.7. The van der Waals surface area contributed by atoms with Crippen molar-refractivity contribution in [1.29, 1.82) is 0 Å². The average Bonchev–Trinajstić information content (AvgIpc) is 2.66. The molecule has 146 valence electrons. The van der Waals surface area contributed by atoms with Gasteiger partial charge in [-0.15, -0.1) is 0 Å². The van der Waals surface area contributed by atoms with Crippen molar-refractivity contribution in [1.82, 2.24) is 9.97 Å². The predicted molar refractivity (Wildman–Crippen MR) is 105 cm³/mol. The first-order valence-electron chi connectivity index (χ1n) is 9.08. The van der Waals surface area contributed by atoms with Gasteiger partial charge < -0.3 is 9.64 Å². The van der Waals surface area contributed by atoms with Gasteiger partial charge in [-0.3, -0.25) is 9.97 Å². The van der Waals surface area contributed by atoms with Crippen LogP contribution >= 0.6 is 0 Å². The molecule has 0 fully saturated rings. The number of aromatic nitrogens is 2. The minimum atomic E-state index is -0.727. The number of anilines is 1. The van der Waals surface area contributed by atoms with E-state index in [1.807, 2.05) is 33.0 Å². The van der Waals surface area contributed by atoms with Crippen LogP contribution in [-0.2, 0) is 17.8 Å². The first-order chi connectivity index (χ1) is 13.3. The van der Waals surface area contributed by atoms with Gasteiger partial charge in [-0.25, -0.2) is 8.78 Å². The van der Waals surface area contributed by atoms with Crippen LogP contribution in [0.4, 0.5) is 14.5 Å². The van der Waals surface area contributed by atoms with Crippen molar-refractivity contribution in [2.45, 2.75) is 40.7 Å². The van der Waals surface area contributed by atoms with Gasteiger partial charge in [0, 0.05) is 41.0 Å². The molecule has 2 aromatic rings. The molecule has 0 radical (unpaired) electrons. The molecular formula is C22H23F2N3O. The second-order valence-electron chi connectivity index (χ2n) is 6.74. The molecule has 0 aliphatic carbocycles. The van der Waals surface area contributed by atoms with Gasteiger partial charge >= 0.3 is 0 Å². The molecule has 4 nitrogen and oxygen atoms in total. The molecule has 0 unspecified atom stereocenters. The third-order valence-electron chi connectivity index (χ3n) is 4.75. The van der Waals surface area contributed by atoms with Crippen LogP contribution in [-0.4, -0.2) is 9.97 Å². The van der Waals surface area contributed by atoms with Crippen molar-refractivity contribution in [2.75, 3.05) is 4.90 Å². The molecule has 6 heteroatoms. The monoisotopic (exact) mass is 383 g/mol. The molecule has 0 bridgehead atoms. The van der Waals surface area contributed by atoms with Crippen molar-refractivity contribution < 1.29 is 13.5 Å². The number of hydrogen-bond donors (Lipinski definition) is 0. The quantitative estimate of drug-likeness (QED) is 0.697. The van der Waals surface area contributed by atoms with E-state index >= 15 is 0 Å². The molecule has 0 aromatic carbocycles. The maximum atomic E-state index is 13.8. The summed E-state index contributed by atoms with van der Waals surface area (Å²) in [6.07, 6.45) is 5.57. The van der Waals surface area contributed by atoms with Gasteiger partial charge in [-0.2, -0.15) is 0 Å². The van der Waals surface area contributed by atoms with E-state index in [0.717, 1.165) is 52.6 Å². The highest BCUT2D eigenvalue weighted by molar-refractivity contribution is 5.68. The fourth-order valence-corrected chi connectivity index (χ4v) is 3.05. The number of aryl methyl sites for hydroxylation is 2. The lowest BCUT2D eigenvalue weighted by molar-refractivity contribution is 0.199. The second kappa shape index (κ2) is 7.92. The molecule has 0 saturated carbocycles. The highest BCUT2D eigenvalue weighted by Crippen LogP contribution is 2.35. The maximum absolute atomic E-state index is 13.8. The van der Waals surface area contributed by atoms with Crippen LogP contribution in [0.25, 0.3) is 0 Å². The zero-order valence-electron chi connectivity index (χ0n) is 16.5. The molecule has 0 amide bonds. The van der Waals surface area contributed by atoms with Crippen LogP contribution in [0, 0.1) is 18.6 Å². The number of pyridine rings is 2. The van der Waals surface area contributed by atoms with Gasteiger partial charge in [0.25, 0.3) is 0 Å². The lowest BCUT2D eigenvalue weighted by Crippen LogP contribution is -2.25. The zero-order valence-corrected chi connectivity index (χ0v) is 16.5. The van der Waals surface area contributed by atoms with Gasteiger partial charge in [0.2, 0.25) is 0 Å². The molecule has 2 aromatic heterocycles. The fourth-order valence-electron chi connectivity index (χ4n) is 3.05. The summed E-state index contributed by atoms with van der Waals surface area (Å²) in [6.45, 7) is 12.1. The maximum Gasteiger partial charge on any atom is 0.151 e. The summed E-state index contributed by atoms with van der Waals surface area (Å²) < 4.78 is 32.6. The van der Waals surface area contributed by atoms with Crippen LogP contribution in [0.2, 0.25) is 0 Å². The summed E-state index contributed by atoms with van der Waals surface area (Å²) in [7, 11) is 0. The van der Waals surface area contributed by atoms with Crippen molar-refractivity contribution in [2.24, 2.45) is 0 Å². The zero-order chi connectivity index (χ0) is 20.4. The molecule has 0 atom stereocenters. The molecule has 3 rings (SSSR count). The number of halogens is 2. The van der Waals surface area contributed by atoms with Crippen molar-refractivity contribution >= 4 is 5.69 Å². The van der Waals surface area contributed by atoms with Crippen LogP contribution < -0.4 is 4.90 Å². The van der Waals surface area contributed by atoms with E-state index in [4.69, 9.17) is 4.74 Å². The lowest BCUT2D eigenvalue weighted by atomic mass is 10.0. The molecule has 0 saturated heterocycles. The molecule has 3 heterocycles. The smallest absolute Gasteiger partial charge is 0.151 e. The largest absolute Gasteiger partial charge is 0.487 e. The van der Waals surface area contributed by atoms with Gasteiger partial charge in [0.15, 0.2) is 5.82 Å². The number of allylic oxidation sites excluding steroid dienone is 3. The predicted octanol–water partition coefficient (Wildman–Crippen LogP) is 5.35. The van der Waals surface area contributed by atoms with Gasteiger partial charge in [-0.1, -0.05) is 13.5 Å². The van der Waals surface area contributed by atoms with Gasteiger partial charge in [0.1, 0.15) is 23.9 Å². The number of nitrogens with zero attached hydrogens (tertiary/aromatic N) is 3. The molecule has 1 aliphatic heterocycles. The Morgan fingerprint density at radius 3 is 2.54 bits per heavy atom. The summed E-state index contributed by atoms with van der Waals surface area (Å²) in [6, 6.07) is 2.86. The molecular weight excluding hydrogens is 360 g/mol. The van der Waals surface area contributed by atoms with Crippen molar-refractivity contribution in [3.05, 3.63) is 88.5 Å². The fraction of sp³-hybridized carbons (Fsp3) is 0.273. The number of ether oxygens (including phenoxy) is 1. The molecule has 1 aliphatic rings. The Kier molecular flexibility index (Phi) is 5.58. The summed E-state index contributed by atoms with van der Waals surface area (Å²) in [5.74, 6) is -0.852. The molecule has 0 N–H and O–H groups in total. The standard InChI is InChI=1S/C22H23F2N3O/c1-6-18-9-21(13(2)10-25-18)27-14(3)7-22(15(4)16(27)5)28-12-20-19(24)8-17(23)11-26-20/h7-11H,5-6,12H2,1-4H3. The van der Waals surface area contributed by atoms with Crippen LogP contribution in [0.1, 0.15) is 37.7 Å². The second-order valence-corrected chi connectivity index (χ2v) is 6.74. The Hall–Kier alpha value is -3.02. The Bertz CT molecular complexity index is 993. The minimum Gasteiger partial charge on any atom is -0.487 e. The normalized spacial score (nSPS) is 14.4. The van der Waals surface area contributed by atoms with Gasteiger partial charge in [-0.05, 0) is 38.8 Å². The van der Waals surface area contributed by atoms with E-state index in [1.165, 1.54) is 0 Å². The Morgan fingerprint density at radius 1 is 1.11 bits per heavy atom. The van der Waals surface area contributed by atoms with E-state index in [1.54, 1.807) is 0 Å². The van der Waals surface area contributed by atoms with E-state index in [2.05, 4.69) is 34.4 Å². The lowest BCUT2D eigenvalue weighted by Gasteiger charge is -2.33. The van der Waals surface area contributed by atoms with Crippen molar-refractivity contribution in [3.8, 4) is 0 Å². The highest BCUT2D eigenvalue weighted by Gasteiger charge is 2.24. The van der Waals surface area contributed by atoms with E-state index in [0.29, 0.717) is 5.76 Å². The topological polar surface area (TPSA) is 38.2 Å². The first-order valence-corrected chi connectivity index (χ1v) is 9.08. The summed E-state index contributed by atoms with van der Waals surface area (Å²) in [5, 5.41) is 0. The van der Waals surface area contributed by atoms with Gasteiger partial charge in [0.05, 0.1) is 11.9 Å². The summed E-state index contributed by atoms with van der Waals surface area (Å²) >= 11 is 0. The number of rotatable bonds is 5. The Balaban J connectivity index is 1.86. The molecule has 0 spiro atoms. The third kappa shape index (κ3) is 3.81. The van der Waals surface area contributed by atoms with Crippen molar-refractivity contribution in [3.63, 3.8) is 0 Å². The minimum absolute atomic E-state index is 0.0540. The van der Waals surface area contributed by atoms with E-state index in [9.17, 15) is 8.78 Å². The summed E-state index contributed by atoms with van der Waals surface area (Å²) in [5.41, 5.74) is 5.66. The van der Waals surface area contributed by atoms with E-state index in [-0.39, 0.29) is 12.3 Å². The third-order valence-corrected chi connectivity index (χ3v) is 4.75. The van der Waals surface area contributed by atoms with E-state index < -0.39 is 11.6 Å². The van der Waals surface area contributed by atoms with Crippen LogP contribution in [0.5, 0.6) is 0 Å². The average molecular weight is 383 g/mol. The van der Waals surface area contributed by atoms with Crippen LogP contribution in [0.3, 0.4) is 0 Å². The number of hydrogen-bond acceptors (Lipinski definition) is 4. The summed E-state index contributed by atoms with van der Waals surface area (Å²) in [4.78, 5) is 10.3. The Labute approximate surface area is 163 Å². The Morgan fingerprint density at radius 2 is 1.86 bits per heavy atom.